The molecule has 0 aliphatic rings. The molecule has 47 heavy (non-hydrogen) atoms. The minimum absolute atomic E-state index is 1.11. The lowest BCUT2D eigenvalue weighted by atomic mass is 9.95. The molecule has 8 rings (SSSR count). The number of nitrogens with zero attached hydrogens (tertiary/aromatic N) is 1. The predicted molar refractivity (Wildman–Crippen MR) is 200 cm³/mol. The highest BCUT2D eigenvalue weighted by Crippen LogP contribution is 2.40. The molecular formula is C46H33N. The van der Waals surface area contributed by atoms with Crippen LogP contribution in [0.4, 0.5) is 17.1 Å². The lowest BCUT2D eigenvalue weighted by Crippen LogP contribution is -2.10. The van der Waals surface area contributed by atoms with E-state index in [0.717, 1.165) is 17.1 Å². The molecule has 0 bridgehead atoms. The van der Waals surface area contributed by atoms with Crippen LogP contribution in [0.5, 0.6) is 0 Å². The summed E-state index contributed by atoms with van der Waals surface area (Å²) >= 11 is 0. The van der Waals surface area contributed by atoms with Crippen molar-refractivity contribution >= 4 is 27.8 Å². The van der Waals surface area contributed by atoms with Crippen LogP contribution in [-0.2, 0) is 0 Å². The highest BCUT2D eigenvalue weighted by atomic mass is 15.1. The monoisotopic (exact) mass is 599 g/mol. The van der Waals surface area contributed by atoms with Gasteiger partial charge in [0.25, 0.3) is 0 Å². The maximum absolute atomic E-state index is 2.36. The number of hydrogen-bond acceptors (Lipinski definition) is 1. The zero-order valence-corrected chi connectivity index (χ0v) is 26.0. The first-order valence-corrected chi connectivity index (χ1v) is 16.1. The number of para-hydroxylation sites is 1. The highest BCUT2D eigenvalue weighted by Gasteiger charge is 2.16. The fourth-order valence-corrected chi connectivity index (χ4v) is 6.49. The Bertz CT molecular complexity index is 2200. The molecule has 0 heterocycles. The van der Waals surface area contributed by atoms with Gasteiger partial charge >= 0.3 is 0 Å². The van der Waals surface area contributed by atoms with E-state index in [1.165, 1.54) is 55.3 Å². The third-order valence-electron chi connectivity index (χ3n) is 8.83. The second-order valence-electron chi connectivity index (χ2n) is 11.8. The van der Waals surface area contributed by atoms with Crippen molar-refractivity contribution in [1.29, 1.82) is 0 Å². The van der Waals surface area contributed by atoms with Gasteiger partial charge in [-0.2, -0.15) is 0 Å². The van der Waals surface area contributed by atoms with Gasteiger partial charge in [-0.1, -0.05) is 152 Å². The van der Waals surface area contributed by atoms with Crippen molar-refractivity contribution in [3.8, 4) is 44.5 Å². The molecule has 0 spiro atoms. The van der Waals surface area contributed by atoms with Gasteiger partial charge in [-0.25, -0.2) is 0 Å². The molecule has 8 aromatic carbocycles. The van der Waals surface area contributed by atoms with Gasteiger partial charge in [-0.05, 0) is 104 Å². The van der Waals surface area contributed by atoms with E-state index in [0.29, 0.717) is 0 Å². The van der Waals surface area contributed by atoms with E-state index in [2.05, 4.69) is 205 Å². The Balaban J connectivity index is 1.21. The lowest BCUT2D eigenvalue weighted by Gasteiger charge is -2.27. The maximum Gasteiger partial charge on any atom is 0.0473 e. The molecule has 0 atom stereocenters. The fourth-order valence-electron chi connectivity index (χ4n) is 6.49. The topological polar surface area (TPSA) is 3.24 Å². The van der Waals surface area contributed by atoms with Gasteiger partial charge in [-0.3, -0.25) is 0 Å². The summed E-state index contributed by atoms with van der Waals surface area (Å²) in [6, 6.07) is 71.8. The first-order valence-electron chi connectivity index (χ1n) is 16.1. The zero-order valence-electron chi connectivity index (χ0n) is 26.0. The van der Waals surface area contributed by atoms with Crippen LogP contribution in [-0.4, -0.2) is 0 Å². The van der Waals surface area contributed by atoms with Crippen molar-refractivity contribution in [2.45, 2.75) is 0 Å². The largest absolute Gasteiger partial charge is 0.310 e. The molecule has 0 aromatic heterocycles. The Morgan fingerprint density at radius 3 is 1.34 bits per heavy atom. The van der Waals surface area contributed by atoms with Crippen LogP contribution in [0.1, 0.15) is 0 Å². The molecule has 0 amide bonds. The van der Waals surface area contributed by atoms with Crippen LogP contribution in [0.3, 0.4) is 0 Å². The van der Waals surface area contributed by atoms with Crippen molar-refractivity contribution in [3.05, 3.63) is 200 Å². The molecule has 0 aliphatic carbocycles. The minimum atomic E-state index is 1.11. The van der Waals surface area contributed by atoms with Crippen LogP contribution < -0.4 is 4.90 Å². The van der Waals surface area contributed by atoms with Crippen LogP contribution in [0.25, 0.3) is 55.3 Å². The number of rotatable bonds is 7. The van der Waals surface area contributed by atoms with Gasteiger partial charge in [-0.15, -0.1) is 0 Å². The molecule has 0 aliphatic heterocycles. The summed E-state index contributed by atoms with van der Waals surface area (Å²) in [6.45, 7) is 0. The molecule has 0 saturated carbocycles. The van der Waals surface area contributed by atoms with Crippen LogP contribution >= 0.6 is 0 Å². The number of benzene rings is 8. The molecule has 8 aromatic rings. The molecule has 1 nitrogen and oxygen atoms in total. The standard InChI is InChI=1S/C46H33N/c1-5-14-34(15-6-1)40-31-41(35-16-7-2-8-17-35)33-44(32-40)47(42-21-11-4-12-22-42)43-27-24-36(25-28-43)38-26-29-46-39(30-38)20-13-23-45(46)37-18-9-3-10-19-37/h1-33H. The zero-order chi connectivity index (χ0) is 31.4. The molecule has 0 radical (unpaired) electrons. The van der Waals surface area contributed by atoms with Gasteiger partial charge in [0.1, 0.15) is 0 Å². The summed E-state index contributed by atoms with van der Waals surface area (Å²) < 4.78 is 0. The number of anilines is 3. The van der Waals surface area contributed by atoms with Gasteiger partial charge in [0.2, 0.25) is 0 Å². The van der Waals surface area contributed by atoms with Crippen molar-refractivity contribution in [3.63, 3.8) is 0 Å². The van der Waals surface area contributed by atoms with Gasteiger partial charge < -0.3 is 4.90 Å². The molecular weight excluding hydrogens is 567 g/mol. The molecule has 0 saturated heterocycles. The Morgan fingerprint density at radius 2 is 0.745 bits per heavy atom. The smallest absolute Gasteiger partial charge is 0.0473 e. The highest BCUT2D eigenvalue weighted by molar-refractivity contribution is 5.98. The molecule has 0 fully saturated rings. The van der Waals surface area contributed by atoms with Gasteiger partial charge in [0.15, 0.2) is 0 Å². The van der Waals surface area contributed by atoms with E-state index < -0.39 is 0 Å². The minimum Gasteiger partial charge on any atom is -0.310 e. The van der Waals surface area contributed by atoms with Crippen molar-refractivity contribution < 1.29 is 0 Å². The quantitative estimate of drug-likeness (QED) is 0.176. The fraction of sp³-hybridized carbons (Fsp3) is 0. The predicted octanol–water partition coefficient (Wildman–Crippen LogP) is 13.0. The average molecular weight is 600 g/mol. The summed E-state index contributed by atoms with van der Waals surface area (Å²) in [5.74, 6) is 0. The Morgan fingerprint density at radius 1 is 0.255 bits per heavy atom. The third kappa shape index (κ3) is 5.83. The number of fused-ring (bicyclic) bond motifs is 1. The second-order valence-corrected chi connectivity index (χ2v) is 11.8. The summed E-state index contributed by atoms with van der Waals surface area (Å²) in [4.78, 5) is 2.36. The van der Waals surface area contributed by atoms with E-state index in [-0.39, 0.29) is 0 Å². The van der Waals surface area contributed by atoms with Crippen molar-refractivity contribution in [1.82, 2.24) is 0 Å². The van der Waals surface area contributed by atoms with Crippen LogP contribution in [0.2, 0.25) is 0 Å². The summed E-state index contributed by atoms with van der Waals surface area (Å²) in [5.41, 5.74) is 13.0. The van der Waals surface area contributed by atoms with E-state index in [4.69, 9.17) is 0 Å². The van der Waals surface area contributed by atoms with E-state index in [1.807, 2.05) is 0 Å². The molecule has 0 unspecified atom stereocenters. The van der Waals surface area contributed by atoms with Crippen LogP contribution in [0, 0.1) is 0 Å². The Hall–Kier alpha value is -6.18. The molecule has 222 valence electrons. The van der Waals surface area contributed by atoms with Crippen LogP contribution in [0.15, 0.2) is 200 Å². The number of hydrogen-bond donors (Lipinski definition) is 0. The average Bonchev–Trinajstić information content (AvgIpc) is 3.16. The second kappa shape index (κ2) is 12.7. The maximum atomic E-state index is 2.36. The van der Waals surface area contributed by atoms with E-state index in [9.17, 15) is 0 Å². The summed E-state index contributed by atoms with van der Waals surface area (Å²) in [6.07, 6.45) is 0. The molecule has 0 N–H and O–H groups in total. The first kappa shape index (κ1) is 28.3. The van der Waals surface area contributed by atoms with Gasteiger partial charge in [0.05, 0.1) is 0 Å². The third-order valence-corrected chi connectivity index (χ3v) is 8.83. The van der Waals surface area contributed by atoms with Gasteiger partial charge in [0, 0.05) is 17.1 Å². The van der Waals surface area contributed by atoms with E-state index in [1.54, 1.807) is 0 Å². The van der Waals surface area contributed by atoms with Crippen molar-refractivity contribution in [2.75, 3.05) is 4.90 Å². The normalized spacial score (nSPS) is 11.0. The SMILES string of the molecule is c1ccc(-c2cc(-c3ccccc3)cc(N(c3ccccc3)c3ccc(-c4ccc5c(-c6ccccc6)cccc5c4)cc3)c2)cc1. The Labute approximate surface area is 276 Å². The van der Waals surface area contributed by atoms with Crippen molar-refractivity contribution in [2.24, 2.45) is 0 Å². The molecule has 1 heteroatoms. The first-order chi connectivity index (χ1) is 23.3. The summed E-state index contributed by atoms with van der Waals surface area (Å²) in [5, 5.41) is 2.51. The Kier molecular flexibility index (Phi) is 7.63. The lowest BCUT2D eigenvalue weighted by molar-refractivity contribution is 1.28. The van der Waals surface area contributed by atoms with E-state index >= 15 is 0 Å². The summed E-state index contributed by atoms with van der Waals surface area (Å²) in [7, 11) is 0.